The Hall–Kier alpha value is -1.19. The van der Waals surface area contributed by atoms with Gasteiger partial charge in [-0.2, -0.15) is 0 Å². The maximum Gasteiger partial charge on any atom is 0.0450 e. The van der Waals surface area contributed by atoms with E-state index in [1.165, 1.54) is 11.1 Å². The van der Waals surface area contributed by atoms with Crippen LogP contribution in [0.3, 0.4) is 0 Å². The molecule has 0 radical (unpaired) electrons. The van der Waals surface area contributed by atoms with Crippen molar-refractivity contribution < 1.29 is 0 Å². The molecule has 2 rings (SSSR count). The van der Waals surface area contributed by atoms with Gasteiger partial charge in [0.1, 0.15) is 0 Å². The van der Waals surface area contributed by atoms with Crippen LogP contribution >= 0.6 is 15.9 Å². The molecule has 2 nitrogen and oxygen atoms in total. The minimum absolute atomic E-state index is 0.281. The third-order valence-corrected chi connectivity index (χ3v) is 4.14. The van der Waals surface area contributed by atoms with Gasteiger partial charge in [-0.05, 0) is 48.9 Å². The van der Waals surface area contributed by atoms with Gasteiger partial charge in [-0.25, -0.2) is 0 Å². The van der Waals surface area contributed by atoms with Crippen molar-refractivity contribution in [3.8, 4) is 0 Å². The molecule has 2 atom stereocenters. The van der Waals surface area contributed by atoms with Crippen LogP contribution in [0, 0.1) is 6.92 Å². The summed E-state index contributed by atoms with van der Waals surface area (Å²) >= 11 is 3.53. The van der Waals surface area contributed by atoms with Crippen molar-refractivity contribution in [2.24, 2.45) is 0 Å². The standard InChI is InChI=1S/C17H21BrN2/c1-4-19-17(13(3)16-7-5-6-10-20-16)15-9-8-14(18)11-12(15)2/h5-11,13,17,19H,4H2,1-3H3. The zero-order valence-corrected chi connectivity index (χ0v) is 13.8. The molecule has 3 heteroatoms. The van der Waals surface area contributed by atoms with E-state index in [0.29, 0.717) is 5.92 Å². The first kappa shape index (κ1) is 15.2. The highest BCUT2D eigenvalue weighted by molar-refractivity contribution is 9.10. The van der Waals surface area contributed by atoms with Gasteiger partial charge in [0, 0.05) is 28.3 Å². The average molecular weight is 333 g/mol. The van der Waals surface area contributed by atoms with E-state index < -0.39 is 0 Å². The summed E-state index contributed by atoms with van der Waals surface area (Å²) in [5, 5.41) is 3.60. The predicted octanol–water partition coefficient (Wildman–Crippen LogP) is 4.61. The van der Waals surface area contributed by atoms with E-state index in [4.69, 9.17) is 0 Å². The molecule has 1 heterocycles. The summed E-state index contributed by atoms with van der Waals surface area (Å²) in [6, 6.07) is 12.9. The number of aryl methyl sites for hydroxylation is 1. The van der Waals surface area contributed by atoms with Crippen molar-refractivity contribution >= 4 is 15.9 Å². The topological polar surface area (TPSA) is 24.9 Å². The molecule has 1 aromatic heterocycles. The fourth-order valence-electron chi connectivity index (χ4n) is 2.58. The summed E-state index contributed by atoms with van der Waals surface area (Å²) in [7, 11) is 0. The Morgan fingerprint density at radius 1 is 1.25 bits per heavy atom. The summed E-state index contributed by atoms with van der Waals surface area (Å²) in [4.78, 5) is 4.51. The summed E-state index contributed by atoms with van der Waals surface area (Å²) in [6.07, 6.45) is 1.86. The van der Waals surface area contributed by atoms with Crippen LogP contribution in [0.2, 0.25) is 0 Å². The first-order valence-corrected chi connectivity index (χ1v) is 7.83. The number of likely N-dealkylation sites (N-methyl/N-ethyl adjacent to an activating group) is 1. The van der Waals surface area contributed by atoms with Crippen LogP contribution in [0.4, 0.5) is 0 Å². The van der Waals surface area contributed by atoms with Crippen LogP contribution in [-0.2, 0) is 0 Å². The zero-order chi connectivity index (χ0) is 14.5. The number of nitrogens with one attached hydrogen (secondary N) is 1. The van der Waals surface area contributed by atoms with Gasteiger partial charge in [0.05, 0.1) is 0 Å². The summed E-state index contributed by atoms with van der Waals surface area (Å²) < 4.78 is 1.12. The lowest BCUT2D eigenvalue weighted by molar-refractivity contribution is 0.470. The molecule has 0 aliphatic carbocycles. The van der Waals surface area contributed by atoms with Crippen LogP contribution in [-0.4, -0.2) is 11.5 Å². The highest BCUT2D eigenvalue weighted by Gasteiger charge is 2.22. The van der Waals surface area contributed by atoms with Crippen molar-refractivity contribution in [3.63, 3.8) is 0 Å². The quantitative estimate of drug-likeness (QED) is 0.864. The Morgan fingerprint density at radius 3 is 2.65 bits per heavy atom. The molecule has 0 saturated carbocycles. The number of halogens is 1. The number of benzene rings is 1. The smallest absolute Gasteiger partial charge is 0.0450 e. The van der Waals surface area contributed by atoms with Crippen molar-refractivity contribution in [2.45, 2.75) is 32.7 Å². The molecule has 106 valence electrons. The minimum Gasteiger partial charge on any atom is -0.310 e. The average Bonchev–Trinajstić information content (AvgIpc) is 2.46. The van der Waals surface area contributed by atoms with Gasteiger partial charge < -0.3 is 5.32 Å². The van der Waals surface area contributed by atoms with E-state index in [2.05, 4.69) is 77.3 Å². The van der Waals surface area contributed by atoms with Crippen molar-refractivity contribution in [1.29, 1.82) is 0 Å². The molecule has 0 bridgehead atoms. The summed E-state index contributed by atoms with van der Waals surface area (Å²) in [5.41, 5.74) is 3.77. The van der Waals surface area contributed by atoms with Crippen LogP contribution in [0.1, 0.15) is 42.6 Å². The lowest BCUT2D eigenvalue weighted by Crippen LogP contribution is -2.26. The highest BCUT2D eigenvalue weighted by Crippen LogP contribution is 2.32. The first-order chi connectivity index (χ1) is 9.63. The highest BCUT2D eigenvalue weighted by atomic mass is 79.9. The van der Waals surface area contributed by atoms with Crippen LogP contribution in [0.5, 0.6) is 0 Å². The predicted molar refractivity (Wildman–Crippen MR) is 87.9 cm³/mol. The number of rotatable bonds is 5. The number of hydrogen-bond donors (Lipinski definition) is 1. The van der Waals surface area contributed by atoms with E-state index in [1.807, 2.05) is 12.3 Å². The molecule has 0 fully saturated rings. The molecule has 0 saturated heterocycles. The molecule has 1 N–H and O–H groups in total. The number of pyridine rings is 1. The third kappa shape index (κ3) is 3.47. The number of aromatic nitrogens is 1. The Balaban J connectivity index is 2.35. The molecule has 1 aromatic carbocycles. The van der Waals surface area contributed by atoms with Gasteiger partial charge in [0.2, 0.25) is 0 Å². The second-order valence-electron chi connectivity index (χ2n) is 5.08. The monoisotopic (exact) mass is 332 g/mol. The van der Waals surface area contributed by atoms with Crippen LogP contribution in [0.15, 0.2) is 47.1 Å². The zero-order valence-electron chi connectivity index (χ0n) is 12.2. The molecular weight excluding hydrogens is 312 g/mol. The second-order valence-corrected chi connectivity index (χ2v) is 6.00. The van der Waals surface area contributed by atoms with E-state index in [1.54, 1.807) is 0 Å². The molecule has 0 spiro atoms. The van der Waals surface area contributed by atoms with Gasteiger partial charge in [-0.3, -0.25) is 4.98 Å². The Morgan fingerprint density at radius 2 is 2.05 bits per heavy atom. The van der Waals surface area contributed by atoms with Crippen LogP contribution in [0.25, 0.3) is 0 Å². The van der Waals surface area contributed by atoms with E-state index in [-0.39, 0.29) is 6.04 Å². The first-order valence-electron chi connectivity index (χ1n) is 7.03. The minimum atomic E-state index is 0.281. The lowest BCUT2D eigenvalue weighted by atomic mass is 9.89. The largest absolute Gasteiger partial charge is 0.310 e. The number of hydrogen-bond acceptors (Lipinski definition) is 2. The van der Waals surface area contributed by atoms with E-state index >= 15 is 0 Å². The molecule has 0 amide bonds. The van der Waals surface area contributed by atoms with Gasteiger partial charge in [-0.15, -0.1) is 0 Å². The molecule has 20 heavy (non-hydrogen) atoms. The fourth-order valence-corrected chi connectivity index (χ4v) is 3.06. The Labute approximate surface area is 129 Å². The molecular formula is C17H21BrN2. The Kier molecular flexibility index (Phi) is 5.32. The van der Waals surface area contributed by atoms with Crippen LogP contribution < -0.4 is 5.32 Å². The maximum absolute atomic E-state index is 4.51. The molecule has 2 aromatic rings. The lowest BCUT2D eigenvalue weighted by Gasteiger charge is -2.26. The fraction of sp³-hybridized carbons (Fsp3) is 0.353. The third-order valence-electron chi connectivity index (χ3n) is 3.65. The number of nitrogens with zero attached hydrogens (tertiary/aromatic N) is 1. The van der Waals surface area contributed by atoms with Crippen molar-refractivity contribution in [2.75, 3.05) is 6.54 Å². The second kappa shape index (κ2) is 7.00. The van der Waals surface area contributed by atoms with Crippen molar-refractivity contribution in [1.82, 2.24) is 10.3 Å². The van der Waals surface area contributed by atoms with E-state index in [9.17, 15) is 0 Å². The maximum atomic E-state index is 4.51. The SMILES string of the molecule is CCNC(c1ccc(Br)cc1C)C(C)c1ccccn1. The van der Waals surface area contributed by atoms with Gasteiger partial charge in [0.15, 0.2) is 0 Å². The molecule has 0 aliphatic heterocycles. The van der Waals surface area contributed by atoms with Gasteiger partial charge in [-0.1, -0.05) is 41.9 Å². The normalized spacial score (nSPS) is 14.0. The summed E-state index contributed by atoms with van der Waals surface area (Å²) in [6.45, 7) is 7.48. The molecule has 0 aliphatic rings. The summed E-state index contributed by atoms with van der Waals surface area (Å²) in [5.74, 6) is 0.330. The van der Waals surface area contributed by atoms with E-state index in [0.717, 1.165) is 16.7 Å². The van der Waals surface area contributed by atoms with Crippen molar-refractivity contribution in [3.05, 3.63) is 63.9 Å². The Bertz CT molecular complexity index is 554. The van der Waals surface area contributed by atoms with Gasteiger partial charge >= 0.3 is 0 Å². The van der Waals surface area contributed by atoms with Gasteiger partial charge in [0.25, 0.3) is 0 Å². The molecule has 2 unspecified atom stereocenters.